The van der Waals surface area contributed by atoms with E-state index >= 15 is 0 Å². The van der Waals surface area contributed by atoms with Gasteiger partial charge in [-0.05, 0) is 55.3 Å². The Kier molecular flexibility index (Phi) is 6.52. The van der Waals surface area contributed by atoms with E-state index in [0.717, 1.165) is 29.8 Å². The zero-order chi connectivity index (χ0) is 18.4. The molecule has 0 aliphatic carbocycles. The maximum atomic E-state index is 12.9. The highest BCUT2D eigenvalue weighted by molar-refractivity contribution is 7.89. The number of rotatable bonds is 7. The highest BCUT2D eigenvalue weighted by Crippen LogP contribution is 2.11. The van der Waals surface area contributed by atoms with Gasteiger partial charge in [0, 0.05) is 11.6 Å². The predicted octanol–water partition coefficient (Wildman–Crippen LogP) is 2.50. The number of carbonyl (C=O) groups is 1. The van der Waals surface area contributed by atoms with Crippen LogP contribution in [0.2, 0.25) is 5.02 Å². The molecule has 0 aliphatic heterocycles. The Hall–Kier alpha value is -1.96. The summed E-state index contributed by atoms with van der Waals surface area (Å²) >= 11 is 5.80. The highest BCUT2D eigenvalue weighted by atomic mass is 35.5. The molecule has 5 nitrogen and oxygen atoms in total. The summed E-state index contributed by atoms with van der Waals surface area (Å²) in [4.78, 5) is 11.9. The molecule has 0 saturated carbocycles. The van der Waals surface area contributed by atoms with Gasteiger partial charge in [-0.25, -0.2) is 12.8 Å². The van der Waals surface area contributed by atoms with Crippen molar-refractivity contribution in [1.82, 2.24) is 10.0 Å². The van der Waals surface area contributed by atoms with Crippen molar-refractivity contribution in [3.8, 4) is 0 Å². The molecule has 2 rings (SSSR count). The first-order valence-corrected chi connectivity index (χ1v) is 9.44. The molecule has 2 N–H and O–H groups in total. The van der Waals surface area contributed by atoms with Gasteiger partial charge in [-0.15, -0.1) is 0 Å². The summed E-state index contributed by atoms with van der Waals surface area (Å²) < 4.78 is 39.5. The Balaban J connectivity index is 1.86. The molecule has 0 fully saturated rings. The van der Waals surface area contributed by atoms with Gasteiger partial charge >= 0.3 is 0 Å². The van der Waals surface area contributed by atoms with E-state index in [0.29, 0.717) is 18.0 Å². The third-order valence-corrected chi connectivity index (χ3v) is 5.28. The lowest BCUT2D eigenvalue weighted by Gasteiger charge is -2.14. The van der Waals surface area contributed by atoms with Crippen molar-refractivity contribution < 1.29 is 17.6 Å². The van der Waals surface area contributed by atoms with Crippen molar-refractivity contribution >= 4 is 27.5 Å². The maximum absolute atomic E-state index is 12.9. The second-order valence-electron chi connectivity index (χ2n) is 5.46. The van der Waals surface area contributed by atoms with Gasteiger partial charge in [-0.1, -0.05) is 23.7 Å². The van der Waals surface area contributed by atoms with Crippen LogP contribution in [0, 0.1) is 5.82 Å². The first-order valence-electron chi connectivity index (χ1n) is 7.58. The van der Waals surface area contributed by atoms with Crippen molar-refractivity contribution in [3.63, 3.8) is 0 Å². The van der Waals surface area contributed by atoms with Crippen LogP contribution in [0.15, 0.2) is 53.4 Å². The van der Waals surface area contributed by atoms with Crippen molar-refractivity contribution in [2.24, 2.45) is 0 Å². The van der Waals surface area contributed by atoms with E-state index in [2.05, 4.69) is 10.0 Å². The van der Waals surface area contributed by atoms with E-state index in [4.69, 9.17) is 11.6 Å². The predicted molar refractivity (Wildman–Crippen MR) is 94.3 cm³/mol. The van der Waals surface area contributed by atoms with Crippen LogP contribution in [-0.2, 0) is 21.2 Å². The van der Waals surface area contributed by atoms with Gasteiger partial charge in [0.15, 0.2) is 0 Å². The van der Waals surface area contributed by atoms with Crippen LogP contribution in [0.3, 0.4) is 0 Å². The Morgan fingerprint density at radius 3 is 2.32 bits per heavy atom. The molecule has 0 heterocycles. The molecule has 25 heavy (non-hydrogen) atoms. The van der Waals surface area contributed by atoms with Crippen LogP contribution >= 0.6 is 11.6 Å². The van der Waals surface area contributed by atoms with E-state index < -0.39 is 27.8 Å². The fraction of sp³-hybridized carbons (Fsp3) is 0.235. The maximum Gasteiger partial charge on any atom is 0.241 e. The van der Waals surface area contributed by atoms with Gasteiger partial charge in [-0.2, -0.15) is 4.72 Å². The molecule has 1 atom stereocenters. The lowest BCUT2D eigenvalue weighted by atomic mass is 10.1. The fourth-order valence-corrected chi connectivity index (χ4v) is 3.43. The Labute approximate surface area is 151 Å². The zero-order valence-corrected chi connectivity index (χ0v) is 15.1. The Morgan fingerprint density at radius 1 is 1.12 bits per heavy atom. The lowest BCUT2D eigenvalue weighted by Crippen LogP contribution is -2.45. The van der Waals surface area contributed by atoms with Gasteiger partial charge in [-0.3, -0.25) is 4.79 Å². The SMILES string of the molecule is C[C@H](NS(=O)(=O)c1ccc(F)cc1)C(=O)NCCc1ccc(Cl)cc1. The summed E-state index contributed by atoms with van der Waals surface area (Å²) in [5.41, 5.74) is 1.00. The van der Waals surface area contributed by atoms with E-state index in [1.165, 1.54) is 6.92 Å². The average molecular weight is 385 g/mol. The van der Waals surface area contributed by atoms with Gasteiger partial charge < -0.3 is 5.32 Å². The normalized spacial score (nSPS) is 12.6. The number of benzene rings is 2. The summed E-state index contributed by atoms with van der Waals surface area (Å²) in [6.45, 7) is 1.81. The van der Waals surface area contributed by atoms with E-state index in [1.807, 2.05) is 12.1 Å². The molecule has 2 aromatic carbocycles. The molecule has 8 heteroatoms. The molecular formula is C17H18ClFN2O3S. The summed E-state index contributed by atoms with van der Waals surface area (Å²) in [5.74, 6) is -0.980. The molecule has 0 aromatic heterocycles. The second-order valence-corrected chi connectivity index (χ2v) is 7.61. The zero-order valence-electron chi connectivity index (χ0n) is 13.5. The van der Waals surface area contributed by atoms with Gasteiger partial charge in [0.05, 0.1) is 10.9 Å². The van der Waals surface area contributed by atoms with Crippen LogP contribution in [-0.4, -0.2) is 26.9 Å². The number of carbonyl (C=O) groups excluding carboxylic acids is 1. The van der Waals surface area contributed by atoms with E-state index in [9.17, 15) is 17.6 Å². The summed E-state index contributed by atoms with van der Waals surface area (Å²) in [7, 11) is -3.90. The summed E-state index contributed by atoms with van der Waals surface area (Å²) in [5, 5.41) is 3.31. The molecule has 1 amide bonds. The standard InChI is InChI=1S/C17H18ClFN2O3S/c1-12(21-25(23,24)16-8-6-15(19)7-9-16)17(22)20-11-10-13-2-4-14(18)5-3-13/h2-9,12,21H,10-11H2,1H3,(H,20,22)/t12-/m0/s1. The number of hydrogen-bond acceptors (Lipinski definition) is 3. The first kappa shape index (κ1) is 19.4. The molecular weight excluding hydrogens is 367 g/mol. The van der Waals surface area contributed by atoms with Crippen LogP contribution in [0.4, 0.5) is 4.39 Å². The quantitative estimate of drug-likeness (QED) is 0.770. The first-order chi connectivity index (χ1) is 11.8. The van der Waals surface area contributed by atoms with Crippen LogP contribution in [0.5, 0.6) is 0 Å². The average Bonchev–Trinajstić information content (AvgIpc) is 2.56. The molecule has 134 valence electrons. The molecule has 0 bridgehead atoms. The number of nitrogens with one attached hydrogen (secondary N) is 2. The van der Waals surface area contributed by atoms with Crippen LogP contribution in [0.25, 0.3) is 0 Å². The van der Waals surface area contributed by atoms with E-state index in [-0.39, 0.29) is 4.90 Å². The highest BCUT2D eigenvalue weighted by Gasteiger charge is 2.21. The van der Waals surface area contributed by atoms with Crippen molar-refractivity contribution in [2.75, 3.05) is 6.54 Å². The van der Waals surface area contributed by atoms with Crippen molar-refractivity contribution in [3.05, 3.63) is 64.9 Å². The largest absolute Gasteiger partial charge is 0.354 e. The minimum Gasteiger partial charge on any atom is -0.354 e. The fourth-order valence-electron chi connectivity index (χ4n) is 2.10. The Morgan fingerprint density at radius 2 is 1.72 bits per heavy atom. The third kappa shape index (κ3) is 5.81. The molecule has 0 unspecified atom stereocenters. The third-order valence-electron chi connectivity index (χ3n) is 3.48. The minimum absolute atomic E-state index is 0.102. The smallest absolute Gasteiger partial charge is 0.241 e. The topological polar surface area (TPSA) is 75.3 Å². The van der Waals surface area contributed by atoms with Gasteiger partial charge in [0.1, 0.15) is 5.82 Å². The Bertz CT molecular complexity index is 824. The molecule has 2 aromatic rings. The number of halogens is 2. The van der Waals surface area contributed by atoms with Crippen molar-refractivity contribution in [2.45, 2.75) is 24.3 Å². The number of sulfonamides is 1. The van der Waals surface area contributed by atoms with Gasteiger partial charge in [0.25, 0.3) is 0 Å². The number of amides is 1. The monoisotopic (exact) mass is 384 g/mol. The van der Waals surface area contributed by atoms with E-state index in [1.54, 1.807) is 12.1 Å². The summed E-state index contributed by atoms with van der Waals surface area (Å²) in [6.07, 6.45) is 0.598. The lowest BCUT2D eigenvalue weighted by molar-refractivity contribution is -0.122. The second kappa shape index (κ2) is 8.42. The minimum atomic E-state index is -3.90. The van der Waals surface area contributed by atoms with Crippen LogP contribution < -0.4 is 10.0 Å². The van der Waals surface area contributed by atoms with Crippen molar-refractivity contribution in [1.29, 1.82) is 0 Å². The summed E-state index contributed by atoms with van der Waals surface area (Å²) in [6, 6.07) is 10.7. The number of hydrogen-bond donors (Lipinski definition) is 2. The van der Waals surface area contributed by atoms with Crippen LogP contribution in [0.1, 0.15) is 12.5 Å². The molecule has 0 saturated heterocycles. The molecule has 0 radical (unpaired) electrons. The molecule has 0 spiro atoms. The molecule has 0 aliphatic rings. The van der Waals surface area contributed by atoms with Gasteiger partial charge in [0.2, 0.25) is 15.9 Å².